The smallest absolute Gasteiger partial charge is 0.531 e. The molecular weight excluding hydrogens is 317 g/mol. The molecule has 0 spiro atoms. The van der Waals surface area contributed by atoms with E-state index in [-0.39, 0.29) is 11.9 Å². The minimum atomic E-state index is -0.932. The molecule has 130 valence electrons. The van der Waals surface area contributed by atoms with Gasteiger partial charge in [0.25, 0.3) is 0 Å². The molecule has 0 bridgehead atoms. The van der Waals surface area contributed by atoms with Gasteiger partial charge in [0.2, 0.25) is 5.91 Å². The van der Waals surface area contributed by atoms with Crippen LogP contribution in [0.25, 0.3) is 16.6 Å². The molecule has 0 aromatic carbocycles. The second-order valence-corrected chi connectivity index (χ2v) is 6.84. The van der Waals surface area contributed by atoms with Gasteiger partial charge in [-0.3, -0.25) is 4.79 Å². The fourth-order valence-electron chi connectivity index (χ4n) is 4.00. The Labute approximate surface area is 146 Å². The van der Waals surface area contributed by atoms with Crippen molar-refractivity contribution in [3.05, 3.63) is 30.0 Å². The summed E-state index contributed by atoms with van der Waals surface area (Å²) in [7, 11) is -0.932. The van der Waals surface area contributed by atoms with Crippen LogP contribution in [-0.2, 0) is 4.79 Å². The van der Waals surface area contributed by atoms with Crippen LogP contribution in [0.4, 0.5) is 0 Å². The minimum absolute atomic E-state index is 0.120. The molecule has 1 saturated carbocycles. The van der Waals surface area contributed by atoms with E-state index in [1.54, 1.807) is 6.20 Å². The van der Waals surface area contributed by atoms with Crippen molar-refractivity contribution < 1.29 is 14.5 Å². The van der Waals surface area contributed by atoms with Gasteiger partial charge in [-0.1, -0.05) is 6.92 Å². The van der Waals surface area contributed by atoms with E-state index < -0.39 is 7.12 Å². The lowest BCUT2D eigenvalue weighted by Gasteiger charge is -2.33. The predicted molar refractivity (Wildman–Crippen MR) is 96.9 cm³/mol. The molecule has 1 fully saturated rings. The molecule has 0 saturated heterocycles. The van der Waals surface area contributed by atoms with Crippen molar-refractivity contribution in [1.82, 2.24) is 15.3 Å². The number of pyridine rings is 1. The Morgan fingerprint density at radius 2 is 2.24 bits per heavy atom. The highest BCUT2D eigenvalue weighted by Gasteiger charge is 2.32. The Hall–Kier alpha value is -2.28. The van der Waals surface area contributed by atoms with Gasteiger partial charge in [0.05, 0.1) is 6.20 Å². The van der Waals surface area contributed by atoms with E-state index in [2.05, 4.69) is 15.3 Å². The summed E-state index contributed by atoms with van der Waals surface area (Å²) in [4.78, 5) is 19.1. The number of fused-ring (bicyclic) bond motifs is 3. The SMILES string of the molecule is CCC(=O)NC1CCC(C2=CB(O)Oc3cnc4[nH]ccc4c32)CC1. The van der Waals surface area contributed by atoms with Crippen LogP contribution in [-0.4, -0.2) is 34.1 Å². The zero-order valence-corrected chi connectivity index (χ0v) is 14.3. The van der Waals surface area contributed by atoms with Crippen molar-refractivity contribution >= 4 is 29.6 Å². The van der Waals surface area contributed by atoms with Crippen LogP contribution >= 0.6 is 0 Å². The summed E-state index contributed by atoms with van der Waals surface area (Å²) in [5.41, 5.74) is 3.01. The summed E-state index contributed by atoms with van der Waals surface area (Å²) in [6.07, 6.45) is 7.97. The normalized spacial score (nSPS) is 23.0. The average Bonchev–Trinajstić information content (AvgIpc) is 3.10. The van der Waals surface area contributed by atoms with Crippen molar-refractivity contribution in [2.24, 2.45) is 5.92 Å². The Balaban J connectivity index is 1.59. The van der Waals surface area contributed by atoms with Gasteiger partial charge in [0.15, 0.2) is 0 Å². The van der Waals surface area contributed by atoms with Gasteiger partial charge in [0, 0.05) is 29.6 Å². The molecular formula is C18H22BN3O3. The first-order valence-electron chi connectivity index (χ1n) is 8.98. The molecule has 2 aromatic rings. The first-order valence-corrected chi connectivity index (χ1v) is 8.98. The van der Waals surface area contributed by atoms with Gasteiger partial charge in [-0.2, -0.15) is 0 Å². The highest BCUT2D eigenvalue weighted by atomic mass is 16.5. The second kappa shape index (κ2) is 6.56. The molecule has 2 aromatic heterocycles. The number of aromatic nitrogens is 2. The molecule has 2 aliphatic rings. The van der Waals surface area contributed by atoms with Gasteiger partial charge >= 0.3 is 7.12 Å². The number of H-pyrrole nitrogens is 1. The molecule has 25 heavy (non-hydrogen) atoms. The molecule has 3 N–H and O–H groups in total. The maximum absolute atomic E-state index is 11.6. The Morgan fingerprint density at radius 3 is 3.00 bits per heavy atom. The summed E-state index contributed by atoms with van der Waals surface area (Å²) >= 11 is 0. The van der Waals surface area contributed by atoms with E-state index in [0.717, 1.165) is 47.9 Å². The maximum atomic E-state index is 11.6. The summed E-state index contributed by atoms with van der Waals surface area (Å²) in [6, 6.07) is 2.27. The third kappa shape index (κ3) is 3.04. The lowest BCUT2D eigenvalue weighted by molar-refractivity contribution is -0.121. The number of amides is 1. The minimum Gasteiger partial charge on any atom is -0.531 e. The van der Waals surface area contributed by atoms with E-state index in [1.807, 2.05) is 25.2 Å². The summed E-state index contributed by atoms with van der Waals surface area (Å²) < 4.78 is 5.56. The zero-order valence-electron chi connectivity index (χ0n) is 14.3. The number of carbonyl (C=O) groups is 1. The fourth-order valence-corrected chi connectivity index (χ4v) is 4.00. The van der Waals surface area contributed by atoms with Crippen LogP contribution < -0.4 is 9.97 Å². The number of hydrogen-bond donors (Lipinski definition) is 3. The van der Waals surface area contributed by atoms with Crippen molar-refractivity contribution in [3.8, 4) is 5.75 Å². The van der Waals surface area contributed by atoms with Crippen LogP contribution in [0, 0.1) is 5.92 Å². The highest BCUT2D eigenvalue weighted by Crippen LogP contribution is 2.43. The van der Waals surface area contributed by atoms with E-state index >= 15 is 0 Å². The Bertz CT molecular complexity index is 824. The molecule has 1 aliphatic heterocycles. The average molecular weight is 339 g/mol. The third-order valence-electron chi connectivity index (χ3n) is 5.26. The lowest BCUT2D eigenvalue weighted by Crippen LogP contribution is -2.37. The molecule has 6 nitrogen and oxygen atoms in total. The van der Waals surface area contributed by atoms with Crippen molar-refractivity contribution in [1.29, 1.82) is 0 Å². The molecule has 0 atom stereocenters. The van der Waals surface area contributed by atoms with Crippen LogP contribution in [0.1, 0.15) is 44.6 Å². The summed E-state index contributed by atoms with van der Waals surface area (Å²) in [5.74, 6) is 2.94. The molecule has 4 rings (SSSR count). The van der Waals surface area contributed by atoms with Gasteiger partial charge < -0.3 is 20.0 Å². The first kappa shape index (κ1) is 16.2. The van der Waals surface area contributed by atoms with E-state index in [4.69, 9.17) is 4.65 Å². The second-order valence-electron chi connectivity index (χ2n) is 6.84. The summed E-state index contributed by atoms with van der Waals surface area (Å²) in [6.45, 7) is 1.88. The van der Waals surface area contributed by atoms with E-state index in [0.29, 0.717) is 18.1 Å². The van der Waals surface area contributed by atoms with Gasteiger partial charge in [-0.15, -0.1) is 0 Å². The number of rotatable bonds is 3. The van der Waals surface area contributed by atoms with Crippen molar-refractivity contribution in [2.45, 2.75) is 45.1 Å². The number of allylic oxidation sites excluding steroid dienone is 1. The Morgan fingerprint density at radius 1 is 1.44 bits per heavy atom. The standard InChI is InChI=1S/C18H22BN3O3/c1-2-16(23)22-12-5-3-11(4-6-12)14-9-19(24)25-15-10-21-18-13(17(14)15)7-8-20-18/h7-12,24H,2-6H2,1H3,(H,20,21)(H,22,23). The molecule has 1 amide bonds. The largest absolute Gasteiger partial charge is 0.552 e. The topological polar surface area (TPSA) is 87.2 Å². The van der Waals surface area contributed by atoms with Crippen LogP contribution in [0.5, 0.6) is 5.75 Å². The third-order valence-corrected chi connectivity index (χ3v) is 5.26. The number of nitrogens with zero attached hydrogens (tertiary/aromatic N) is 1. The van der Waals surface area contributed by atoms with E-state index in [1.165, 1.54) is 0 Å². The van der Waals surface area contributed by atoms with E-state index in [9.17, 15) is 9.82 Å². The van der Waals surface area contributed by atoms with Crippen molar-refractivity contribution in [2.75, 3.05) is 0 Å². The lowest BCUT2D eigenvalue weighted by atomic mass is 9.72. The number of nitrogens with one attached hydrogen (secondary N) is 2. The van der Waals surface area contributed by atoms with Crippen LogP contribution in [0.2, 0.25) is 0 Å². The quantitative estimate of drug-likeness (QED) is 0.750. The zero-order chi connectivity index (χ0) is 17.4. The highest BCUT2D eigenvalue weighted by molar-refractivity contribution is 6.52. The molecule has 0 unspecified atom stereocenters. The molecule has 1 aliphatic carbocycles. The molecule has 0 radical (unpaired) electrons. The number of carbonyl (C=O) groups excluding carboxylic acids is 1. The van der Waals surface area contributed by atoms with Crippen molar-refractivity contribution in [3.63, 3.8) is 0 Å². The first-order chi connectivity index (χ1) is 12.2. The van der Waals surface area contributed by atoms with Crippen LogP contribution in [0.15, 0.2) is 24.4 Å². The predicted octanol–water partition coefficient (Wildman–Crippen LogP) is 2.44. The van der Waals surface area contributed by atoms with Gasteiger partial charge in [-0.25, -0.2) is 4.98 Å². The van der Waals surface area contributed by atoms with Gasteiger partial charge in [0.1, 0.15) is 11.4 Å². The fraction of sp³-hybridized carbons (Fsp3) is 0.444. The maximum Gasteiger partial charge on any atom is 0.552 e. The molecule has 3 heterocycles. The van der Waals surface area contributed by atoms with Gasteiger partial charge in [-0.05, 0) is 49.2 Å². The number of hydrogen-bond acceptors (Lipinski definition) is 4. The Kier molecular flexibility index (Phi) is 4.25. The summed E-state index contributed by atoms with van der Waals surface area (Å²) in [5, 5.41) is 14.2. The monoisotopic (exact) mass is 339 g/mol. The number of aromatic amines is 1. The molecule has 7 heteroatoms. The van der Waals surface area contributed by atoms with Crippen LogP contribution in [0.3, 0.4) is 0 Å².